The van der Waals surface area contributed by atoms with E-state index in [1.165, 1.54) is 0 Å². The van der Waals surface area contributed by atoms with Crippen LogP contribution in [0.2, 0.25) is 0 Å². The third-order valence-electron chi connectivity index (χ3n) is 6.50. The number of hydrogen-bond acceptors (Lipinski definition) is 5. The van der Waals surface area contributed by atoms with Crippen LogP contribution in [0.4, 0.5) is 10.5 Å². The zero-order chi connectivity index (χ0) is 20.6. The van der Waals surface area contributed by atoms with Crippen LogP contribution in [-0.4, -0.2) is 60.0 Å². The highest BCUT2D eigenvalue weighted by atomic mass is 16.6. The first-order chi connectivity index (χ1) is 13.8. The van der Waals surface area contributed by atoms with Crippen molar-refractivity contribution in [3.63, 3.8) is 0 Å². The summed E-state index contributed by atoms with van der Waals surface area (Å²) in [6.07, 6.45) is 2.91. The van der Waals surface area contributed by atoms with Crippen LogP contribution < -0.4 is 9.64 Å². The molecule has 7 heteroatoms. The molecule has 2 heterocycles. The van der Waals surface area contributed by atoms with E-state index in [9.17, 15) is 14.7 Å². The molecule has 0 atom stereocenters. The van der Waals surface area contributed by atoms with Crippen LogP contribution in [0.3, 0.4) is 0 Å². The molecule has 1 saturated carbocycles. The topological polar surface area (TPSA) is 79.3 Å². The average molecular weight is 402 g/mol. The summed E-state index contributed by atoms with van der Waals surface area (Å²) in [7, 11) is 0. The van der Waals surface area contributed by atoms with Crippen molar-refractivity contribution in [1.29, 1.82) is 0 Å². The number of benzene rings is 1. The van der Waals surface area contributed by atoms with Crippen LogP contribution >= 0.6 is 0 Å². The maximum atomic E-state index is 13.3. The van der Waals surface area contributed by atoms with Crippen molar-refractivity contribution in [2.24, 2.45) is 5.41 Å². The van der Waals surface area contributed by atoms with Crippen molar-refractivity contribution in [3.05, 3.63) is 24.3 Å². The van der Waals surface area contributed by atoms with Gasteiger partial charge in [-0.25, -0.2) is 4.79 Å². The molecule has 1 aliphatic carbocycles. The first-order valence-electron chi connectivity index (χ1n) is 10.5. The molecular weight excluding hydrogens is 372 g/mol. The second-order valence-electron chi connectivity index (χ2n) is 8.91. The van der Waals surface area contributed by atoms with Crippen LogP contribution in [-0.2, 0) is 9.53 Å². The molecule has 158 valence electrons. The number of hydrogen-bond donors (Lipinski definition) is 1. The normalized spacial score (nSPS) is 29.8. The van der Waals surface area contributed by atoms with Crippen molar-refractivity contribution in [1.82, 2.24) is 4.90 Å². The van der Waals surface area contributed by atoms with Crippen molar-refractivity contribution in [3.8, 4) is 5.75 Å². The fourth-order valence-corrected chi connectivity index (χ4v) is 4.78. The molecule has 1 aromatic rings. The molecule has 2 saturated heterocycles. The molecule has 0 aromatic heterocycles. The van der Waals surface area contributed by atoms with Gasteiger partial charge in [-0.05, 0) is 70.2 Å². The SMILES string of the molecule is CC(C)Oc1ccc(N2CC[C@]3(CC[C@@](O)(CN4CCOC4=O)CC3)C2=O)cc1. The van der Waals surface area contributed by atoms with E-state index in [1.54, 1.807) is 4.90 Å². The lowest BCUT2D eigenvalue weighted by molar-refractivity contribution is -0.131. The summed E-state index contributed by atoms with van der Waals surface area (Å²) in [4.78, 5) is 28.4. The molecule has 4 rings (SSSR count). The second-order valence-corrected chi connectivity index (χ2v) is 8.91. The van der Waals surface area contributed by atoms with Crippen LogP contribution in [0.5, 0.6) is 5.75 Å². The Bertz CT molecular complexity index is 768. The summed E-state index contributed by atoms with van der Waals surface area (Å²) in [6, 6.07) is 7.68. The minimum Gasteiger partial charge on any atom is -0.491 e. The van der Waals surface area contributed by atoms with Gasteiger partial charge in [0.05, 0.1) is 30.2 Å². The number of nitrogens with zero attached hydrogens (tertiary/aromatic N) is 2. The lowest BCUT2D eigenvalue weighted by Crippen LogP contribution is -2.49. The zero-order valence-electron chi connectivity index (χ0n) is 17.2. The predicted molar refractivity (Wildman–Crippen MR) is 108 cm³/mol. The second kappa shape index (κ2) is 7.52. The van der Waals surface area contributed by atoms with Crippen molar-refractivity contribution >= 4 is 17.7 Å². The minimum atomic E-state index is -0.932. The molecule has 3 fully saturated rings. The Hall–Kier alpha value is -2.28. The monoisotopic (exact) mass is 402 g/mol. The number of rotatable bonds is 5. The summed E-state index contributed by atoms with van der Waals surface area (Å²) in [5.74, 6) is 0.950. The quantitative estimate of drug-likeness (QED) is 0.819. The smallest absolute Gasteiger partial charge is 0.410 e. The number of anilines is 1. The average Bonchev–Trinajstić information content (AvgIpc) is 3.22. The Morgan fingerprint density at radius 2 is 1.76 bits per heavy atom. The molecule has 1 aromatic carbocycles. The molecule has 0 bridgehead atoms. The van der Waals surface area contributed by atoms with Gasteiger partial charge in [0.2, 0.25) is 5.91 Å². The molecule has 0 radical (unpaired) electrons. The maximum absolute atomic E-state index is 13.3. The lowest BCUT2D eigenvalue weighted by Gasteiger charge is -2.42. The Kier molecular flexibility index (Phi) is 5.19. The van der Waals surface area contributed by atoms with Gasteiger partial charge in [0, 0.05) is 12.2 Å². The standard InChI is InChI=1S/C22H30N2O5/c1-16(2)29-18-5-3-17(4-6-18)24-12-11-21(19(24)25)7-9-22(27,10-8-21)15-23-13-14-28-20(23)26/h3-6,16,27H,7-15H2,1-2H3/t21-,22+. The number of amides is 2. The zero-order valence-corrected chi connectivity index (χ0v) is 17.2. The van der Waals surface area contributed by atoms with Gasteiger partial charge in [0.25, 0.3) is 0 Å². The van der Waals surface area contributed by atoms with Crippen molar-refractivity contribution in [2.45, 2.75) is 57.7 Å². The van der Waals surface area contributed by atoms with Gasteiger partial charge >= 0.3 is 6.09 Å². The van der Waals surface area contributed by atoms with Gasteiger partial charge in [-0.2, -0.15) is 0 Å². The molecule has 3 aliphatic rings. The summed E-state index contributed by atoms with van der Waals surface area (Å²) < 4.78 is 10.6. The van der Waals surface area contributed by atoms with E-state index < -0.39 is 11.0 Å². The number of carbonyl (C=O) groups excluding carboxylic acids is 2. The fraction of sp³-hybridized carbons (Fsp3) is 0.636. The van der Waals surface area contributed by atoms with Crippen molar-refractivity contribution < 1.29 is 24.2 Å². The molecule has 29 heavy (non-hydrogen) atoms. The summed E-state index contributed by atoms with van der Waals surface area (Å²) >= 11 is 0. The molecule has 7 nitrogen and oxygen atoms in total. The van der Waals surface area contributed by atoms with Crippen LogP contribution in [0.25, 0.3) is 0 Å². The van der Waals surface area contributed by atoms with Crippen LogP contribution in [0.1, 0.15) is 46.0 Å². The molecule has 2 aliphatic heterocycles. The van der Waals surface area contributed by atoms with Crippen LogP contribution in [0.15, 0.2) is 24.3 Å². The first kappa shape index (κ1) is 20.0. The van der Waals surface area contributed by atoms with E-state index >= 15 is 0 Å². The van der Waals surface area contributed by atoms with E-state index in [0.29, 0.717) is 45.4 Å². The van der Waals surface area contributed by atoms with E-state index in [-0.39, 0.29) is 24.6 Å². The number of aliphatic hydroxyl groups is 1. The van der Waals surface area contributed by atoms with E-state index in [2.05, 4.69) is 0 Å². The maximum Gasteiger partial charge on any atom is 0.410 e. The molecular formula is C22H30N2O5. The number of ether oxygens (including phenoxy) is 2. The molecule has 1 spiro atoms. The highest BCUT2D eigenvalue weighted by molar-refractivity contribution is 6.00. The summed E-state index contributed by atoms with van der Waals surface area (Å²) in [6.45, 7) is 5.86. The van der Waals surface area contributed by atoms with Gasteiger partial charge in [-0.15, -0.1) is 0 Å². The van der Waals surface area contributed by atoms with Crippen molar-refractivity contribution in [2.75, 3.05) is 31.1 Å². The minimum absolute atomic E-state index is 0.112. The molecule has 1 N–H and O–H groups in total. The summed E-state index contributed by atoms with van der Waals surface area (Å²) in [5.41, 5.74) is -0.438. The van der Waals surface area contributed by atoms with Gasteiger partial charge in [0.1, 0.15) is 12.4 Å². The van der Waals surface area contributed by atoms with Gasteiger partial charge in [-0.3, -0.25) is 4.79 Å². The van der Waals surface area contributed by atoms with E-state index in [0.717, 1.165) is 17.9 Å². The fourth-order valence-electron chi connectivity index (χ4n) is 4.78. The van der Waals surface area contributed by atoms with Crippen LogP contribution in [0, 0.1) is 5.41 Å². The molecule has 2 amide bonds. The third kappa shape index (κ3) is 3.92. The largest absolute Gasteiger partial charge is 0.491 e. The number of β-amino-alcohol motifs (C(OH)–C–C–N with tert-alkyl or cyclic N) is 1. The number of carbonyl (C=O) groups is 2. The van der Waals surface area contributed by atoms with Gasteiger partial charge < -0.3 is 24.4 Å². The lowest BCUT2D eigenvalue weighted by atomic mass is 9.67. The van der Waals surface area contributed by atoms with E-state index in [4.69, 9.17) is 9.47 Å². The van der Waals surface area contributed by atoms with Gasteiger partial charge in [0.15, 0.2) is 0 Å². The first-order valence-corrected chi connectivity index (χ1v) is 10.5. The van der Waals surface area contributed by atoms with Gasteiger partial charge in [-0.1, -0.05) is 0 Å². The summed E-state index contributed by atoms with van der Waals surface area (Å²) in [5, 5.41) is 11.0. The highest BCUT2D eigenvalue weighted by Gasteiger charge is 2.52. The Balaban J connectivity index is 1.39. The van der Waals surface area contributed by atoms with E-state index in [1.807, 2.05) is 43.0 Å². The Labute approximate surface area is 171 Å². The third-order valence-corrected chi connectivity index (χ3v) is 6.50. The Morgan fingerprint density at radius 3 is 2.34 bits per heavy atom. The number of cyclic esters (lactones) is 1. The Morgan fingerprint density at radius 1 is 1.07 bits per heavy atom. The predicted octanol–water partition coefficient (Wildman–Crippen LogP) is 2.95. The molecule has 0 unspecified atom stereocenters. The highest BCUT2D eigenvalue weighted by Crippen LogP contribution is 2.49.